The van der Waals surface area contributed by atoms with Gasteiger partial charge in [-0.25, -0.2) is 4.98 Å². The highest BCUT2D eigenvalue weighted by atomic mass is 79.9. The van der Waals surface area contributed by atoms with Gasteiger partial charge in [-0.05, 0) is 67.2 Å². The average Bonchev–Trinajstić information content (AvgIpc) is 2.43. The molecule has 1 fully saturated rings. The molecule has 3 nitrogen and oxygen atoms in total. The summed E-state index contributed by atoms with van der Waals surface area (Å²) >= 11 is 9.60. The van der Waals surface area contributed by atoms with E-state index in [-0.39, 0.29) is 0 Å². The third kappa shape index (κ3) is 4.34. The zero-order valence-electron chi connectivity index (χ0n) is 12.2. The molecule has 0 aromatic carbocycles. The first-order valence-corrected chi connectivity index (χ1v) is 8.57. The Morgan fingerprint density at radius 3 is 3.15 bits per heavy atom. The normalized spacial score (nSPS) is 21.7. The minimum absolute atomic E-state index is 0.406. The van der Waals surface area contributed by atoms with Crippen molar-refractivity contribution in [3.63, 3.8) is 0 Å². The zero-order chi connectivity index (χ0) is 14.5. The van der Waals surface area contributed by atoms with E-state index >= 15 is 0 Å². The smallest absolute Gasteiger partial charge is 0.152 e. The van der Waals surface area contributed by atoms with Crippen molar-refractivity contribution in [1.82, 2.24) is 9.88 Å². The quantitative estimate of drug-likeness (QED) is 0.788. The summed E-state index contributed by atoms with van der Waals surface area (Å²) in [4.78, 5) is 6.74. The number of halogens is 2. The minimum Gasteiger partial charge on any atom is -0.380 e. The molecule has 1 saturated heterocycles. The summed E-state index contributed by atoms with van der Waals surface area (Å²) in [5.74, 6) is 0.672. The molecule has 1 aliphatic heterocycles. The van der Waals surface area contributed by atoms with Gasteiger partial charge in [0.25, 0.3) is 0 Å². The fourth-order valence-electron chi connectivity index (χ4n) is 2.91. The molecule has 1 aromatic rings. The molecule has 0 saturated carbocycles. The first-order chi connectivity index (χ1) is 9.60. The van der Waals surface area contributed by atoms with Gasteiger partial charge in [0, 0.05) is 23.3 Å². The van der Waals surface area contributed by atoms with E-state index in [1.807, 2.05) is 6.07 Å². The number of nitrogens with one attached hydrogen (secondary N) is 1. The van der Waals surface area contributed by atoms with Crippen LogP contribution in [0.15, 0.2) is 16.7 Å². The fourth-order valence-corrected chi connectivity index (χ4v) is 3.39. The van der Waals surface area contributed by atoms with E-state index in [9.17, 15) is 0 Å². The minimum atomic E-state index is 0.406. The molecular formula is C15H23BrClN3. The van der Waals surface area contributed by atoms with E-state index in [1.54, 1.807) is 6.20 Å². The van der Waals surface area contributed by atoms with Crippen molar-refractivity contribution in [3.8, 4) is 0 Å². The van der Waals surface area contributed by atoms with Gasteiger partial charge >= 0.3 is 0 Å². The van der Waals surface area contributed by atoms with Crippen LogP contribution in [0.1, 0.15) is 33.1 Å². The van der Waals surface area contributed by atoms with Gasteiger partial charge in [-0.3, -0.25) is 0 Å². The fraction of sp³-hybridized carbons (Fsp3) is 0.667. The average molecular weight is 361 g/mol. The molecule has 1 aromatic heterocycles. The number of hydrogen-bond donors (Lipinski definition) is 1. The summed E-state index contributed by atoms with van der Waals surface area (Å²) in [6.45, 7) is 8.13. The Morgan fingerprint density at radius 1 is 1.60 bits per heavy atom. The third-order valence-electron chi connectivity index (χ3n) is 3.98. The van der Waals surface area contributed by atoms with Crippen LogP contribution in [-0.4, -0.2) is 35.6 Å². The topological polar surface area (TPSA) is 28.2 Å². The van der Waals surface area contributed by atoms with Gasteiger partial charge in [-0.15, -0.1) is 0 Å². The van der Waals surface area contributed by atoms with E-state index in [1.165, 1.54) is 38.9 Å². The maximum Gasteiger partial charge on any atom is 0.152 e. The molecule has 2 heterocycles. The second-order valence-corrected chi connectivity index (χ2v) is 6.90. The lowest BCUT2D eigenvalue weighted by atomic mass is 9.91. The van der Waals surface area contributed by atoms with Gasteiger partial charge in [0.1, 0.15) is 0 Å². The maximum atomic E-state index is 6.15. The summed E-state index contributed by atoms with van der Waals surface area (Å²) in [5.41, 5.74) is 0.918. The maximum absolute atomic E-state index is 6.15. The van der Waals surface area contributed by atoms with Gasteiger partial charge in [0.15, 0.2) is 5.15 Å². The summed E-state index contributed by atoms with van der Waals surface area (Å²) in [7, 11) is 0. The highest BCUT2D eigenvalue weighted by molar-refractivity contribution is 9.10. The van der Waals surface area contributed by atoms with Crippen LogP contribution in [0.25, 0.3) is 0 Å². The number of nitrogens with zero attached hydrogens (tertiary/aromatic N) is 2. The van der Waals surface area contributed by atoms with Crippen molar-refractivity contribution < 1.29 is 0 Å². The lowest BCUT2D eigenvalue weighted by molar-refractivity contribution is 0.165. The lowest BCUT2D eigenvalue weighted by Gasteiger charge is -2.36. The van der Waals surface area contributed by atoms with Crippen molar-refractivity contribution in [3.05, 3.63) is 21.9 Å². The van der Waals surface area contributed by atoms with Gasteiger partial charge in [0.05, 0.1) is 5.69 Å². The number of aromatic nitrogens is 1. The summed E-state index contributed by atoms with van der Waals surface area (Å²) in [6.07, 6.45) is 5.53. The lowest BCUT2D eigenvalue weighted by Crippen LogP contribution is -2.42. The second-order valence-electron chi connectivity index (χ2n) is 5.63. The second kappa shape index (κ2) is 7.62. The Kier molecular flexibility index (Phi) is 6.12. The third-order valence-corrected chi connectivity index (χ3v) is 4.71. The Labute approximate surface area is 135 Å². The summed E-state index contributed by atoms with van der Waals surface area (Å²) < 4.78 is 0.952. The van der Waals surface area contributed by atoms with Crippen LogP contribution in [0.4, 0.5) is 5.69 Å². The largest absolute Gasteiger partial charge is 0.380 e. The molecule has 0 aliphatic carbocycles. The number of pyridine rings is 1. The molecule has 0 spiro atoms. The van der Waals surface area contributed by atoms with Crippen molar-refractivity contribution >= 4 is 33.2 Å². The number of hydrogen-bond acceptors (Lipinski definition) is 3. The van der Waals surface area contributed by atoms with Gasteiger partial charge in [-0.2, -0.15) is 0 Å². The summed E-state index contributed by atoms with van der Waals surface area (Å²) in [6, 6.07) is 2.40. The number of likely N-dealkylation sites (tertiary alicyclic amines) is 1. The molecular weight excluding hydrogens is 338 g/mol. The van der Waals surface area contributed by atoms with E-state index in [2.05, 4.69) is 45.0 Å². The van der Waals surface area contributed by atoms with Crippen LogP contribution in [-0.2, 0) is 0 Å². The molecule has 0 bridgehead atoms. The van der Waals surface area contributed by atoms with E-state index in [0.29, 0.717) is 17.1 Å². The van der Waals surface area contributed by atoms with Gasteiger partial charge in [0.2, 0.25) is 0 Å². The van der Waals surface area contributed by atoms with Crippen LogP contribution in [0, 0.1) is 5.92 Å². The van der Waals surface area contributed by atoms with Gasteiger partial charge < -0.3 is 10.2 Å². The molecule has 5 heteroatoms. The van der Waals surface area contributed by atoms with Crippen LogP contribution in [0.3, 0.4) is 0 Å². The van der Waals surface area contributed by atoms with E-state index in [0.717, 1.165) is 10.2 Å². The molecule has 1 aliphatic rings. The first kappa shape index (κ1) is 16.1. The molecule has 1 N–H and O–H groups in total. The number of rotatable bonds is 5. The van der Waals surface area contributed by atoms with Gasteiger partial charge in [-0.1, -0.05) is 18.5 Å². The SMILES string of the molecule is CCCN1CCCC(C(C)Nc2cc(Br)cnc2Cl)C1. The molecule has 2 rings (SSSR count). The first-order valence-electron chi connectivity index (χ1n) is 7.40. The van der Waals surface area contributed by atoms with Crippen molar-refractivity contribution in [1.29, 1.82) is 0 Å². The summed E-state index contributed by atoms with van der Waals surface area (Å²) in [5, 5.41) is 4.08. The van der Waals surface area contributed by atoms with Crippen LogP contribution >= 0.6 is 27.5 Å². The van der Waals surface area contributed by atoms with Crippen molar-refractivity contribution in [2.24, 2.45) is 5.92 Å². The molecule has 20 heavy (non-hydrogen) atoms. The molecule has 2 unspecified atom stereocenters. The Balaban J connectivity index is 1.96. The zero-order valence-corrected chi connectivity index (χ0v) is 14.5. The Bertz CT molecular complexity index is 439. The molecule has 0 amide bonds. The molecule has 0 radical (unpaired) electrons. The van der Waals surface area contributed by atoms with Crippen molar-refractivity contribution in [2.45, 2.75) is 39.2 Å². The number of piperidine rings is 1. The molecule has 2 atom stereocenters. The van der Waals surface area contributed by atoms with Crippen LogP contribution < -0.4 is 5.32 Å². The standard InChI is InChI=1S/C15H23BrClN3/c1-3-6-20-7-4-5-12(10-20)11(2)19-14-8-13(16)9-18-15(14)17/h8-9,11-12,19H,3-7,10H2,1-2H3. The number of anilines is 1. The monoisotopic (exact) mass is 359 g/mol. The highest BCUT2D eigenvalue weighted by Gasteiger charge is 2.24. The van der Waals surface area contributed by atoms with Crippen LogP contribution in [0.2, 0.25) is 5.15 Å². The molecule has 112 valence electrons. The Morgan fingerprint density at radius 2 is 2.40 bits per heavy atom. The predicted molar refractivity (Wildman–Crippen MR) is 89.5 cm³/mol. The van der Waals surface area contributed by atoms with E-state index < -0.39 is 0 Å². The van der Waals surface area contributed by atoms with E-state index in [4.69, 9.17) is 11.6 Å². The predicted octanol–water partition coefficient (Wildman–Crippen LogP) is 4.42. The Hall–Kier alpha value is -0.320. The van der Waals surface area contributed by atoms with Crippen molar-refractivity contribution in [2.75, 3.05) is 25.0 Å². The highest BCUT2D eigenvalue weighted by Crippen LogP contribution is 2.27. The van der Waals surface area contributed by atoms with Crippen LogP contribution in [0.5, 0.6) is 0 Å².